The predicted molar refractivity (Wildman–Crippen MR) is 83.4 cm³/mol. The van der Waals surface area contributed by atoms with Gasteiger partial charge in [-0.25, -0.2) is 4.98 Å². The second-order valence-electron chi connectivity index (χ2n) is 7.51. The highest BCUT2D eigenvalue weighted by atomic mass is 79.9. The van der Waals surface area contributed by atoms with Gasteiger partial charge in [-0.05, 0) is 52.9 Å². The van der Waals surface area contributed by atoms with Crippen molar-refractivity contribution in [1.29, 1.82) is 0 Å². The summed E-state index contributed by atoms with van der Waals surface area (Å²) in [5.74, 6) is 1.10. The minimum Gasteiger partial charge on any atom is -0.481 e. The van der Waals surface area contributed by atoms with Gasteiger partial charge >= 0.3 is 5.97 Å². The van der Waals surface area contributed by atoms with Crippen molar-refractivity contribution >= 4 is 27.8 Å². The van der Waals surface area contributed by atoms with Gasteiger partial charge in [0, 0.05) is 24.9 Å². The average Bonchev–Trinajstić information content (AvgIpc) is 2.99. The number of hydrogen-bond acceptors (Lipinski definition) is 3. The normalized spacial score (nSPS) is 42.4. The number of nitrogens with one attached hydrogen (secondary N) is 1. The van der Waals surface area contributed by atoms with Crippen molar-refractivity contribution in [2.24, 2.45) is 29.1 Å². The molecule has 1 aromatic heterocycles. The maximum absolute atomic E-state index is 12.7. The van der Waals surface area contributed by atoms with E-state index in [4.69, 9.17) is 0 Å². The zero-order chi connectivity index (χ0) is 15.9. The second-order valence-corrected chi connectivity index (χ2v) is 8.32. The maximum Gasteiger partial charge on any atom is 0.312 e. The molecule has 7 heteroatoms. The van der Waals surface area contributed by atoms with Crippen molar-refractivity contribution in [3.63, 3.8) is 0 Å². The second kappa shape index (κ2) is 4.37. The van der Waals surface area contributed by atoms with Crippen molar-refractivity contribution in [2.75, 3.05) is 0 Å². The lowest BCUT2D eigenvalue weighted by Gasteiger charge is -2.27. The van der Waals surface area contributed by atoms with Gasteiger partial charge in [0.2, 0.25) is 5.91 Å². The fourth-order valence-corrected chi connectivity index (χ4v) is 6.22. The molecule has 5 aliphatic rings. The number of aliphatic carboxylic acids is 1. The first kappa shape index (κ1) is 14.0. The van der Waals surface area contributed by atoms with Crippen molar-refractivity contribution in [2.45, 2.75) is 38.3 Å². The molecule has 4 unspecified atom stereocenters. The maximum atomic E-state index is 12.7. The first-order valence-electron chi connectivity index (χ1n) is 8.27. The van der Waals surface area contributed by atoms with E-state index in [0.717, 1.165) is 36.2 Å². The fourth-order valence-electron chi connectivity index (χ4n) is 5.73. The largest absolute Gasteiger partial charge is 0.481 e. The summed E-state index contributed by atoms with van der Waals surface area (Å²) in [6, 6.07) is -0.157. The minimum absolute atomic E-state index is 0.0131. The van der Waals surface area contributed by atoms with Crippen LogP contribution in [0.1, 0.15) is 25.1 Å². The van der Waals surface area contributed by atoms with Crippen LogP contribution in [0, 0.1) is 29.1 Å². The Balaban J connectivity index is 1.33. The number of aromatic nitrogens is 2. The van der Waals surface area contributed by atoms with Gasteiger partial charge in [-0.1, -0.05) is 0 Å². The van der Waals surface area contributed by atoms with Crippen LogP contribution in [0.2, 0.25) is 0 Å². The molecule has 1 aromatic rings. The summed E-state index contributed by atoms with van der Waals surface area (Å²) < 4.78 is 3.04. The SMILES string of the molecule is O=C(NC1C2CC3C(C2)C31C(=O)O)C1CCn2c(Br)cnc2C1. The Morgan fingerprint density at radius 2 is 2.13 bits per heavy atom. The summed E-state index contributed by atoms with van der Waals surface area (Å²) in [6.07, 6.45) is 5.13. The molecule has 2 heterocycles. The number of fused-ring (bicyclic) bond motifs is 1. The van der Waals surface area contributed by atoms with E-state index in [2.05, 4.69) is 30.8 Å². The van der Waals surface area contributed by atoms with E-state index in [1.54, 1.807) is 6.20 Å². The summed E-state index contributed by atoms with van der Waals surface area (Å²) in [5.41, 5.74) is -0.642. The highest BCUT2D eigenvalue weighted by Crippen LogP contribution is 2.79. The van der Waals surface area contributed by atoms with E-state index < -0.39 is 11.4 Å². The van der Waals surface area contributed by atoms with Gasteiger partial charge in [0.1, 0.15) is 10.4 Å². The molecule has 0 radical (unpaired) electrons. The summed E-state index contributed by atoms with van der Waals surface area (Å²) in [7, 11) is 0. The molecule has 6 nitrogen and oxygen atoms in total. The molecule has 1 amide bonds. The number of nitrogens with zero attached hydrogens (tertiary/aromatic N) is 2. The summed E-state index contributed by atoms with van der Waals surface area (Å²) in [5, 5.41) is 12.8. The quantitative estimate of drug-likeness (QED) is 0.831. The Morgan fingerprint density at radius 1 is 1.39 bits per heavy atom. The molecule has 0 spiro atoms. The fraction of sp³-hybridized carbons (Fsp3) is 0.688. The van der Waals surface area contributed by atoms with E-state index in [0.29, 0.717) is 24.2 Å². The molecule has 1 aliphatic heterocycles. The van der Waals surface area contributed by atoms with Crippen LogP contribution in [0.5, 0.6) is 0 Å². The molecule has 4 bridgehead atoms. The standard InChI is InChI=1S/C16H18BrN3O3/c17-11-6-18-12-5-7(1-2-20(11)12)14(21)19-13-8-3-9-10(4-8)16(9,13)15(22)23/h6-10,13H,1-5H2,(H,19,21)(H,22,23). The number of halogens is 1. The lowest BCUT2D eigenvalue weighted by molar-refractivity contribution is -0.145. The van der Waals surface area contributed by atoms with Gasteiger partial charge in [-0.2, -0.15) is 0 Å². The van der Waals surface area contributed by atoms with Gasteiger partial charge in [0.05, 0.1) is 11.6 Å². The van der Waals surface area contributed by atoms with Gasteiger partial charge in [-0.3, -0.25) is 9.59 Å². The summed E-state index contributed by atoms with van der Waals surface area (Å²) in [6.45, 7) is 0.775. The molecule has 4 atom stereocenters. The molecule has 4 fully saturated rings. The zero-order valence-corrected chi connectivity index (χ0v) is 14.1. The van der Waals surface area contributed by atoms with Crippen molar-refractivity contribution in [1.82, 2.24) is 14.9 Å². The van der Waals surface area contributed by atoms with Crippen LogP contribution >= 0.6 is 15.9 Å². The molecule has 2 N–H and O–H groups in total. The van der Waals surface area contributed by atoms with Crippen LogP contribution in [0.25, 0.3) is 0 Å². The number of hydrogen-bond donors (Lipinski definition) is 2. The molecule has 0 aromatic carbocycles. The summed E-state index contributed by atoms with van der Waals surface area (Å²) >= 11 is 3.46. The van der Waals surface area contributed by atoms with Crippen LogP contribution in [-0.2, 0) is 22.6 Å². The Kier molecular flexibility index (Phi) is 2.67. The molecule has 122 valence electrons. The highest BCUT2D eigenvalue weighted by Gasteiger charge is 2.83. The molecular formula is C16H18BrN3O3. The lowest BCUT2D eigenvalue weighted by atomic mass is 9.93. The third-order valence-electron chi connectivity index (χ3n) is 6.76. The monoisotopic (exact) mass is 379 g/mol. The van der Waals surface area contributed by atoms with Crippen LogP contribution in [0.3, 0.4) is 0 Å². The van der Waals surface area contributed by atoms with E-state index in [1.165, 1.54) is 0 Å². The zero-order valence-electron chi connectivity index (χ0n) is 12.5. The third-order valence-corrected chi connectivity index (χ3v) is 7.39. The third kappa shape index (κ3) is 1.61. The molecule has 6 rings (SSSR count). The lowest BCUT2D eigenvalue weighted by Crippen LogP contribution is -2.48. The smallest absolute Gasteiger partial charge is 0.312 e. The van der Waals surface area contributed by atoms with Crippen molar-refractivity contribution in [3.05, 3.63) is 16.6 Å². The van der Waals surface area contributed by atoms with E-state index in [-0.39, 0.29) is 17.9 Å². The van der Waals surface area contributed by atoms with Gasteiger partial charge in [-0.15, -0.1) is 0 Å². The topological polar surface area (TPSA) is 84.2 Å². The van der Waals surface area contributed by atoms with E-state index in [1.807, 2.05) is 0 Å². The van der Waals surface area contributed by atoms with Gasteiger partial charge in [0.25, 0.3) is 0 Å². The number of carbonyl (C=O) groups is 2. The molecular weight excluding hydrogens is 362 g/mol. The average molecular weight is 380 g/mol. The van der Waals surface area contributed by atoms with Crippen LogP contribution in [0.4, 0.5) is 0 Å². The van der Waals surface area contributed by atoms with Crippen LogP contribution < -0.4 is 5.32 Å². The highest BCUT2D eigenvalue weighted by molar-refractivity contribution is 9.10. The van der Waals surface area contributed by atoms with Crippen LogP contribution in [0.15, 0.2) is 10.8 Å². The Hall–Kier alpha value is -1.37. The molecule has 4 saturated carbocycles. The number of carboxylic acid groups (broad SMARTS) is 1. The summed E-state index contributed by atoms with van der Waals surface area (Å²) in [4.78, 5) is 28.8. The number of rotatable bonds is 3. The van der Waals surface area contributed by atoms with Gasteiger partial charge < -0.3 is 15.0 Å². The first-order chi connectivity index (χ1) is 11.0. The number of carboxylic acids is 1. The van der Waals surface area contributed by atoms with E-state index >= 15 is 0 Å². The molecule has 23 heavy (non-hydrogen) atoms. The first-order valence-corrected chi connectivity index (χ1v) is 9.06. The Labute approximate surface area is 141 Å². The van der Waals surface area contributed by atoms with Crippen molar-refractivity contribution in [3.8, 4) is 0 Å². The molecule has 0 saturated heterocycles. The predicted octanol–water partition coefficient (Wildman–Crippen LogP) is 1.43. The van der Waals surface area contributed by atoms with E-state index in [9.17, 15) is 14.7 Å². The Morgan fingerprint density at radius 3 is 2.83 bits per heavy atom. The molecule has 4 aliphatic carbocycles. The number of carbonyl (C=O) groups excluding carboxylic acids is 1. The van der Waals surface area contributed by atoms with Crippen LogP contribution in [-0.4, -0.2) is 32.6 Å². The minimum atomic E-state index is -0.707. The number of imidazole rings is 1. The van der Waals surface area contributed by atoms with Crippen molar-refractivity contribution < 1.29 is 14.7 Å². The Bertz CT molecular complexity index is 718. The van der Waals surface area contributed by atoms with Gasteiger partial charge in [0.15, 0.2) is 0 Å². The number of amides is 1.